The van der Waals surface area contributed by atoms with E-state index < -0.39 is 0 Å². The predicted molar refractivity (Wildman–Crippen MR) is 111 cm³/mol. The fourth-order valence-corrected chi connectivity index (χ4v) is 4.50. The van der Waals surface area contributed by atoms with Crippen molar-refractivity contribution in [1.29, 1.82) is 0 Å². The van der Waals surface area contributed by atoms with Crippen LogP contribution in [0.5, 0.6) is 11.5 Å². The van der Waals surface area contributed by atoms with Gasteiger partial charge in [0.05, 0.1) is 20.3 Å². The Morgan fingerprint density at radius 2 is 1.85 bits per heavy atom. The number of benzene rings is 2. The van der Waals surface area contributed by atoms with Gasteiger partial charge in [0, 0.05) is 4.70 Å². The number of nitrogens with one attached hydrogen (secondary N) is 1. The van der Waals surface area contributed by atoms with Gasteiger partial charge in [0.2, 0.25) is 6.41 Å². The third kappa shape index (κ3) is 4.08. The first-order valence-corrected chi connectivity index (χ1v) is 9.99. The number of carbonyl (C=O) groups excluding carboxylic acids is 1. The number of carbonyl (C=O) groups is 1. The summed E-state index contributed by atoms with van der Waals surface area (Å²) >= 11 is 1.77. The molecule has 1 amide bonds. The third-order valence-electron chi connectivity index (χ3n) is 4.93. The van der Waals surface area contributed by atoms with Gasteiger partial charge in [0.1, 0.15) is 0 Å². The summed E-state index contributed by atoms with van der Waals surface area (Å²) in [6.45, 7) is 2.11. The van der Waals surface area contributed by atoms with E-state index in [9.17, 15) is 4.79 Å². The molecule has 1 aromatic heterocycles. The van der Waals surface area contributed by atoms with Crippen LogP contribution in [0, 0.1) is 0 Å². The minimum atomic E-state index is -0.0732. The number of methoxy groups -OCH3 is 2. The fourth-order valence-electron chi connectivity index (χ4n) is 3.50. The van der Waals surface area contributed by atoms with Crippen LogP contribution in [0.3, 0.4) is 0 Å². The molecule has 0 bridgehead atoms. The molecule has 0 spiro atoms. The minimum absolute atomic E-state index is 0.0732. The molecule has 0 aliphatic rings. The largest absolute Gasteiger partial charge is 0.493 e. The van der Waals surface area contributed by atoms with Crippen molar-refractivity contribution in [3.05, 3.63) is 58.5 Å². The zero-order chi connectivity index (χ0) is 19.2. The van der Waals surface area contributed by atoms with E-state index in [2.05, 4.69) is 41.9 Å². The van der Waals surface area contributed by atoms with Gasteiger partial charge in [-0.05, 0) is 64.9 Å². The van der Waals surface area contributed by atoms with Crippen LogP contribution >= 0.6 is 11.3 Å². The average molecular weight is 384 g/mol. The number of aryl methyl sites for hydroxylation is 2. The molecule has 3 rings (SSSR count). The van der Waals surface area contributed by atoms with Gasteiger partial charge in [0.25, 0.3) is 0 Å². The van der Waals surface area contributed by atoms with Gasteiger partial charge >= 0.3 is 0 Å². The molecule has 0 fully saturated rings. The first-order valence-electron chi connectivity index (χ1n) is 9.11. The van der Waals surface area contributed by atoms with Gasteiger partial charge in [0.15, 0.2) is 11.5 Å². The third-order valence-corrected chi connectivity index (χ3v) is 5.95. The molecule has 1 unspecified atom stereocenters. The maximum atomic E-state index is 11.3. The fraction of sp³-hybridized carbons (Fsp3) is 0.318. The van der Waals surface area contributed by atoms with Crippen LogP contribution in [0.15, 0.2) is 41.8 Å². The summed E-state index contributed by atoms with van der Waals surface area (Å²) < 4.78 is 12.2. The minimum Gasteiger partial charge on any atom is -0.493 e. The maximum absolute atomic E-state index is 11.3. The predicted octanol–water partition coefficient (Wildman–Crippen LogP) is 4.90. The molecule has 1 atom stereocenters. The lowest BCUT2D eigenvalue weighted by Gasteiger charge is -2.22. The molecule has 3 aromatic rings. The molecular formula is C22H25NO3S. The highest BCUT2D eigenvalue weighted by Crippen LogP contribution is 2.35. The summed E-state index contributed by atoms with van der Waals surface area (Å²) in [5, 5.41) is 6.52. The first kappa shape index (κ1) is 19.2. The van der Waals surface area contributed by atoms with Crippen LogP contribution in [0.2, 0.25) is 0 Å². The summed E-state index contributed by atoms with van der Waals surface area (Å²) in [4.78, 5) is 11.3. The summed E-state index contributed by atoms with van der Waals surface area (Å²) in [5.74, 6) is 1.40. The van der Waals surface area contributed by atoms with Crippen LogP contribution in [-0.2, 0) is 17.6 Å². The van der Waals surface area contributed by atoms with Gasteiger partial charge in [-0.15, -0.1) is 11.3 Å². The zero-order valence-electron chi connectivity index (χ0n) is 16.0. The highest BCUT2D eigenvalue weighted by molar-refractivity contribution is 7.17. The summed E-state index contributed by atoms with van der Waals surface area (Å²) in [5.41, 5.74) is 3.57. The lowest BCUT2D eigenvalue weighted by atomic mass is 9.93. The lowest BCUT2D eigenvalue weighted by molar-refractivity contribution is -0.110. The van der Waals surface area contributed by atoms with Gasteiger partial charge in [-0.3, -0.25) is 4.79 Å². The van der Waals surface area contributed by atoms with Crippen LogP contribution in [0.4, 0.5) is 0 Å². The molecule has 1 N–H and O–H groups in total. The van der Waals surface area contributed by atoms with E-state index in [0.717, 1.165) is 36.8 Å². The van der Waals surface area contributed by atoms with Crippen molar-refractivity contribution in [3.63, 3.8) is 0 Å². The number of rotatable bonds is 9. The van der Waals surface area contributed by atoms with Gasteiger partial charge in [-0.2, -0.15) is 0 Å². The molecule has 4 nitrogen and oxygen atoms in total. The highest BCUT2D eigenvalue weighted by atomic mass is 32.1. The van der Waals surface area contributed by atoms with Crippen LogP contribution < -0.4 is 14.8 Å². The van der Waals surface area contributed by atoms with Gasteiger partial charge in [-0.1, -0.05) is 25.1 Å². The Morgan fingerprint density at radius 1 is 1.11 bits per heavy atom. The summed E-state index contributed by atoms with van der Waals surface area (Å²) in [6, 6.07) is 12.4. The number of hydrogen-bond acceptors (Lipinski definition) is 4. The van der Waals surface area contributed by atoms with E-state index >= 15 is 0 Å². The first-order chi connectivity index (χ1) is 13.2. The lowest BCUT2D eigenvalue weighted by Crippen LogP contribution is -2.21. The number of hydrogen-bond donors (Lipinski definition) is 1. The van der Waals surface area contributed by atoms with E-state index in [1.165, 1.54) is 15.6 Å². The second kappa shape index (κ2) is 8.91. The Morgan fingerprint density at radius 3 is 2.56 bits per heavy atom. The van der Waals surface area contributed by atoms with Crippen molar-refractivity contribution in [2.24, 2.45) is 0 Å². The number of ether oxygens (including phenoxy) is 2. The van der Waals surface area contributed by atoms with Crippen molar-refractivity contribution in [1.82, 2.24) is 5.32 Å². The topological polar surface area (TPSA) is 47.6 Å². The molecule has 27 heavy (non-hydrogen) atoms. The average Bonchev–Trinajstić information content (AvgIpc) is 3.13. The Kier molecular flexibility index (Phi) is 6.35. The molecule has 2 aromatic carbocycles. The van der Waals surface area contributed by atoms with Crippen LogP contribution in [0.1, 0.15) is 36.1 Å². The zero-order valence-corrected chi connectivity index (χ0v) is 16.8. The van der Waals surface area contributed by atoms with Crippen LogP contribution in [-0.4, -0.2) is 20.6 Å². The van der Waals surface area contributed by atoms with E-state index in [1.807, 2.05) is 12.1 Å². The van der Waals surface area contributed by atoms with Crippen molar-refractivity contribution >= 4 is 27.8 Å². The highest BCUT2D eigenvalue weighted by Gasteiger charge is 2.19. The Bertz CT molecular complexity index is 919. The van der Waals surface area contributed by atoms with E-state index in [-0.39, 0.29) is 6.04 Å². The van der Waals surface area contributed by atoms with Gasteiger partial charge < -0.3 is 14.8 Å². The van der Waals surface area contributed by atoms with Crippen molar-refractivity contribution in [2.45, 2.75) is 32.2 Å². The molecule has 142 valence electrons. The molecule has 0 aliphatic heterocycles. The van der Waals surface area contributed by atoms with Crippen LogP contribution in [0.25, 0.3) is 10.1 Å². The number of fused-ring (bicyclic) bond motifs is 1. The second-order valence-electron chi connectivity index (χ2n) is 6.39. The smallest absolute Gasteiger partial charge is 0.207 e. The number of thiophene rings is 1. The molecule has 0 radical (unpaired) electrons. The molecule has 0 saturated carbocycles. The Hall–Kier alpha value is -2.53. The normalized spacial score (nSPS) is 12.0. The molecule has 1 heterocycles. The van der Waals surface area contributed by atoms with Crippen molar-refractivity contribution in [3.8, 4) is 11.5 Å². The molecule has 0 saturated heterocycles. The summed E-state index contributed by atoms with van der Waals surface area (Å²) in [6.07, 6.45) is 3.36. The maximum Gasteiger partial charge on any atom is 0.207 e. The quantitative estimate of drug-likeness (QED) is 0.535. The Balaban J connectivity index is 1.90. The Labute approximate surface area is 164 Å². The molecule has 5 heteroatoms. The SMILES string of the molecule is CCc1cc(OC)c(OC)cc1C(CCc1csc2ccccc12)NC=O. The molecule has 0 aliphatic carbocycles. The monoisotopic (exact) mass is 383 g/mol. The van der Waals surface area contributed by atoms with E-state index in [1.54, 1.807) is 25.6 Å². The standard InChI is InChI=1S/C22H25NO3S/c1-4-15-11-20(25-2)21(26-3)12-18(15)19(23-14-24)10-9-16-13-27-22-8-6-5-7-17(16)22/h5-8,11-14,19H,4,9-10H2,1-3H3,(H,23,24). The molecular weight excluding hydrogens is 358 g/mol. The van der Waals surface area contributed by atoms with E-state index in [4.69, 9.17) is 9.47 Å². The summed E-state index contributed by atoms with van der Waals surface area (Å²) in [7, 11) is 3.27. The van der Waals surface area contributed by atoms with Crippen molar-refractivity contribution in [2.75, 3.05) is 14.2 Å². The van der Waals surface area contributed by atoms with Crippen molar-refractivity contribution < 1.29 is 14.3 Å². The second-order valence-corrected chi connectivity index (χ2v) is 7.30. The van der Waals surface area contributed by atoms with E-state index in [0.29, 0.717) is 11.5 Å². The number of amides is 1. The van der Waals surface area contributed by atoms with Gasteiger partial charge in [-0.25, -0.2) is 0 Å².